The van der Waals surface area contributed by atoms with Gasteiger partial charge < -0.3 is 9.30 Å². The van der Waals surface area contributed by atoms with Crippen LogP contribution in [0.15, 0.2) is 79.0 Å². The Labute approximate surface area is 176 Å². The molecule has 0 radical (unpaired) electrons. The van der Waals surface area contributed by atoms with Gasteiger partial charge in [-0.1, -0.05) is 48.0 Å². The van der Waals surface area contributed by atoms with Gasteiger partial charge in [-0.15, -0.1) is 10.2 Å². The molecule has 5 rings (SSSR count). The van der Waals surface area contributed by atoms with Crippen molar-refractivity contribution in [3.8, 4) is 28.3 Å². The van der Waals surface area contributed by atoms with Crippen LogP contribution >= 0.6 is 0 Å². The molecule has 30 heavy (non-hydrogen) atoms. The van der Waals surface area contributed by atoms with Crippen LogP contribution in [0.4, 0.5) is 0 Å². The second kappa shape index (κ2) is 7.64. The van der Waals surface area contributed by atoms with Crippen LogP contribution in [-0.2, 0) is 6.54 Å². The summed E-state index contributed by atoms with van der Waals surface area (Å²) in [6.07, 6.45) is 2.18. The first-order valence-corrected chi connectivity index (χ1v) is 10.3. The largest absolute Gasteiger partial charge is 0.494 e. The molecule has 2 heterocycles. The number of pyridine rings is 1. The van der Waals surface area contributed by atoms with E-state index in [1.807, 2.05) is 31.2 Å². The number of aryl methyl sites for hydroxylation is 1. The Morgan fingerprint density at radius 1 is 0.833 bits per heavy atom. The van der Waals surface area contributed by atoms with Gasteiger partial charge in [-0.25, -0.2) is 0 Å². The van der Waals surface area contributed by atoms with Crippen molar-refractivity contribution in [2.24, 2.45) is 0 Å². The third kappa shape index (κ3) is 3.30. The Morgan fingerprint density at radius 3 is 2.33 bits per heavy atom. The van der Waals surface area contributed by atoms with E-state index < -0.39 is 0 Å². The topological polar surface area (TPSA) is 39.9 Å². The first-order chi connectivity index (χ1) is 14.7. The summed E-state index contributed by atoms with van der Waals surface area (Å²) in [5, 5.41) is 10.2. The molecular weight excluding hydrogens is 370 g/mol. The van der Waals surface area contributed by atoms with E-state index in [1.165, 1.54) is 11.1 Å². The van der Waals surface area contributed by atoms with E-state index in [9.17, 15) is 0 Å². The number of fused-ring (bicyclic) bond motifs is 3. The summed E-state index contributed by atoms with van der Waals surface area (Å²) in [6.45, 7) is 5.55. The van der Waals surface area contributed by atoms with E-state index >= 15 is 0 Å². The molecule has 148 valence electrons. The number of nitrogens with zero attached hydrogens (tertiary/aromatic N) is 3. The minimum atomic E-state index is 0.656. The fourth-order valence-electron chi connectivity index (χ4n) is 3.90. The Hall–Kier alpha value is -3.66. The highest BCUT2D eigenvalue weighted by Crippen LogP contribution is 2.37. The maximum Gasteiger partial charge on any atom is 0.119 e. The van der Waals surface area contributed by atoms with E-state index in [0.29, 0.717) is 6.61 Å². The molecule has 0 amide bonds. The number of aromatic nitrogens is 3. The zero-order valence-corrected chi connectivity index (χ0v) is 17.2. The molecule has 3 aromatic carbocycles. The quantitative estimate of drug-likeness (QED) is 0.370. The molecule has 0 unspecified atom stereocenters. The van der Waals surface area contributed by atoms with Crippen molar-refractivity contribution < 1.29 is 4.74 Å². The Kier molecular flexibility index (Phi) is 4.68. The van der Waals surface area contributed by atoms with Crippen LogP contribution in [0.5, 0.6) is 5.75 Å². The summed E-state index contributed by atoms with van der Waals surface area (Å²) < 4.78 is 7.87. The van der Waals surface area contributed by atoms with Crippen molar-refractivity contribution in [3.63, 3.8) is 0 Å². The number of ether oxygens (including phenoxy) is 1. The predicted octanol–water partition coefficient (Wildman–Crippen LogP) is 5.96. The summed E-state index contributed by atoms with van der Waals surface area (Å²) in [4.78, 5) is 0. The van der Waals surface area contributed by atoms with Gasteiger partial charge >= 0.3 is 0 Å². The number of hydrogen-bond donors (Lipinski definition) is 0. The standard InChI is InChI=1S/C26H23N3O/c1-3-30-21-14-12-20(13-15-21)25-23-17-29(16-19-10-8-18(2)9-11-19)24-7-5-4-6-22(24)26(23)28-27-25/h4-15,17H,3,16H2,1-2H3. The predicted molar refractivity (Wildman–Crippen MR) is 121 cm³/mol. The highest BCUT2D eigenvalue weighted by atomic mass is 16.5. The highest BCUT2D eigenvalue weighted by molar-refractivity contribution is 5.98. The van der Waals surface area contributed by atoms with Crippen molar-refractivity contribution in [3.05, 3.63) is 90.1 Å². The van der Waals surface area contributed by atoms with E-state index in [2.05, 4.69) is 76.4 Å². The Morgan fingerprint density at radius 2 is 1.57 bits per heavy atom. The Bertz CT molecular complexity index is 1270. The molecule has 0 fully saturated rings. The minimum absolute atomic E-state index is 0.656. The summed E-state index contributed by atoms with van der Waals surface area (Å²) in [6, 6.07) is 25.2. The molecule has 4 nitrogen and oxygen atoms in total. The molecule has 0 aromatic heterocycles. The molecule has 3 aromatic rings. The summed E-state index contributed by atoms with van der Waals surface area (Å²) in [7, 11) is 0. The Balaban J connectivity index is 1.64. The second-order valence-electron chi connectivity index (χ2n) is 7.53. The lowest BCUT2D eigenvalue weighted by Gasteiger charge is -2.15. The van der Waals surface area contributed by atoms with Crippen molar-refractivity contribution >= 4 is 10.9 Å². The number of rotatable bonds is 5. The molecule has 4 heteroatoms. The smallest absolute Gasteiger partial charge is 0.119 e. The van der Waals surface area contributed by atoms with E-state index in [1.54, 1.807) is 0 Å². The monoisotopic (exact) mass is 393 g/mol. The molecule has 0 saturated carbocycles. The number of hydrogen-bond acceptors (Lipinski definition) is 3. The molecule has 0 spiro atoms. The van der Waals surface area contributed by atoms with Crippen LogP contribution in [0.25, 0.3) is 33.4 Å². The average molecular weight is 393 g/mol. The molecule has 0 bridgehead atoms. The van der Waals surface area contributed by atoms with Gasteiger partial charge in [0, 0.05) is 29.3 Å². The van der Waals surface area contributed by atoms with Crippen molar-refractivity contribution in [2.45, 2.75) is 20.4 Å². The number of para-hydroxylation sites is 1. The van der Waals surface area contributed by atoms with Crippen molar-refractivity contribution in [2.75, 3.05) is 6.61 Å². The molecule has 0 saturated heterocycles. The van der Waals surface area contributed by atoms with Gasteiger partial charge in [0.2, 0.25) is 0 Å². The lowest BCUT2D eigenvalue weighted by Crippen LogP contribution is -2.04. The molecular formula is C26H23N3O. The summed E-state index contributed by atoms with van der Waals surface area (Å²) in [5.74, 6) is 0.866. The van der Waals surface area contributed by atoms with Gasteiger partial charge in [0.15, 0.2) is 0 Å². The van der Waals surface area contributed by atoms with Gasteiger partial charge in [0.25, 0.3) is 0 Å². The lowest BCUT2D eigenvalue weighted by molar-refractivity contribution is 0.340. The third-order valence-corrected chi connectivity index (χ3v) is 5.43. The van der Waals surface area contributed by atoms with Gasteiger partial charge in [0.1, 0.15) is 17.1 Å². The van der Waals surface area contributed by atoms with Gasteiger partial charge in [-0.3, -0.25) is 0 Å². The zero-order chi connectivity index (χ0) is 20.5. The van der Waals surface area contributed by atoms with Gasteiger partial charge in [0.05, 0.1) is 12.1 Å². The van der Waals surface area contributed by atoms with E-state index in [0.717, 1.165) is 45.7 Å². The number of benzene rings is 3. The summed E-state index contributed by atoms with van der Waals surface area (Å²) >= 11 is 0. The lowest BCUT2D eigenvalue weighted by atomic mass is 10.0. The van der Waals surface area contributed by atoms with Crippen LogP contribution in [0.2, 0.25) is 0 Å². The van der Waals surface area contributed by atoms with E-state index in [4.69, 9.17) is 4.74 Å². The van der Waals surface area contributed by atoms with Crippen LogP contribution in [0, 0.1) is 6.92 Å². The molecule has 0 aliphatic carbocycles. The van der Waals surface area contributed by atoms with Crippen LogP contribution in [0.1, 0.15) is 18.1 Å². The maximum atomic E-state index is 5.58. The molecule has 2 aliphatic heterocycles. The van der Waals surface area contributed by atoms with Gasteiger partial charge in [-0.2, -0.15) is 0 Å². The zero-order valence-electron chi connectivity index (χ0n) is 17.2. The summed E-state index contributed by atoms with van der Waals surface area (Å²) in [5.41, 5.74) is 7.63. The first-order valence-electron chi connectivity index (χ1n) is 10.3. The van der Waals surface area contributed by atoms with Crippen molar-refractivity contribution in [1.29, 1.82) is 0 Å². The fraction of sp³-hybridized carbons (Fsp3) is 0.154. The first kappa shape index (κ1) is 18.4. The SMILES string of the molecule is CCOc1ccc(-c2nnc3c4ccccc4n(Cc4ccc(C)cc4)cc2-3)cc1. The third-order valence-electron chi connectivity index (χ3n) is 5.43. The molecule has 0 atom stereocenters. The van der Waals surface area contributed by atoms with Crippen LogP contribution in [-0.4, -0.2) is 21.4 Å². The average Bonchev–Trinajstić information content (AvgIpc) is 3.20. The van der Waals surface area contributed by atoms with Crippen molar-refractivity contribution in [1.82, 2.24) is 14.8 Å². The molecule has 0 N–H and O–H groups in total. The van der Waals surface area contributed by atoms with Crippen LogP contribution < -0.4 is 4.74 Å². The maximum absolute atomic E-state index is 5.58. The van der Waals surface area contributed by atoms with E-state index in [-0.39, 0.29) is 0 Å². The van der Waals surface area contributed by atoms with Gasteiger partial charge in [-0.05, 0) is 49.7 Å². The highest BCUT2D eigenvalue weighted by Gasteiger charge is 2.20. The fourth-order valence-corrected chi connectivity index (χ4v) is 3.90. The normalized spacial score (nSPS) is 11.3. The molecule has 2 aliphatic rings. The van der Waals surface area contributed by atoms with Crippen LogP contribution in [0.3, 0.4) is 0 Å². The second-order valence-corrected chi connectivity index (χ2v) is 7.53. The minimum Gasteiger partial charge on any atom is -0.494 e.